The van der Waals surface area contributed by atoms with E-state index in [9.17, 15) is 38.5 Å². The predicted molar refractivity (Wildman–Crippen MR) is 505 cm³/mol. The minimum atomic E-state index is -3.04. The van der Waals surface area contributed by atoms with E-state index in [4.69, 9.17) is 5.26 Å². The summed E-state index contributed by atoms with van der Waals surface area (Å²) in [6.07, 6.45) is 26.4. The standard InChI is InChI=1S/C31H38O2S.C26H33NO2S.C26H32O3S.C23H33NO2S/c1-31(2,3)34(32,33)23-26-13-11-24(12-14-26)9-10-25-15-17-28(18-16-25)30-21-19-29(20-22-30)27-7-5-4-6-8-27;1-26(2,3)30(28,29)19-23-8-6-20(7-9-23)4-5-21-10-14-24(15-11-21)25-16-12-22(18-27)13-17-25;1-26(2,3)30(28,29)17-20-12-9-18(10-13-20)8-11-19-14-15-22-21-6-4-5-7-23(21)25(27)24(22)16-19;1-17-5-13-21-15-19(12-14-22(21)24-17)9-6-18-7-10-20(11-8-18)16-27(25,26)23(2,3)4/h4-8,15-22,24,26H,9-14,23H2,1-3H3;10-17,20,23H,4-9,19H2,1-3H3;4-7,14-16,18,20H,8-13,17H2,1-3H3;5,12-15,18,20H,6-11,16H2,1-4H3. The van der Waals surface area contributed by atoms with Crippen LogP contribution in [0.4, 0.5) is 0 Å². The predicted octanol–water partition coefficient (Wildman–Crippen LogP) is 25.5. The molecule has 0 bridgehead atoms. The average molecular weight is 1710 g/mol. The van der Waals surface area contributed by atoms with Gasteiger partial charge in [0.15, 0.2) is 45.1 Å². The molecular formula is C106H136N2O9S4. The second-order valence-electron chi connectivity index (χ2n) is 40.0. The number of pyridine rings is 1. The summed E-state index contributed by atoms with van der Waals surface area (Å²) in [7, 11) is -12.1. The minimum absolute atomic E-state index is 0.142. The molecule has 0 saturated heterocycles. The topological polar surface area (TPSA) is 190 Å². The van der Waals surface area contributed by atoms with Gasteiger partial charge in [0.1, 0.15) is 0 Å². The normalized spacial score (nSPS) is 20.4. The third kappa shape index (κ3) is 26.1. The zero-order valence-electron chi connectivity index (χ0n) is 74.7. The molecule has 5 aliphatic carbocycles. The Morgan fingerprint density at radius 2 is 0.587 bits per heavy atom. The maximum atomic E-state index is 12.7. The van der Waals surface area contributed by atoms with Gasteiger partial charge in [-0.3, -0.25) is 9.78 Å². The van der Waals surface area contributed by atoms with Crippen molar-refractivity contribution in [2.24, 2.45) is 47.3 Å². The lowest BCUT2D eigenvalue weighted by atomic mass is 9.80. The maximum absolute atomic E-state index is 12.7. The highest BCUT2D eigenvalue weighted by atomic mass is 32.2. The number of aryl methyl sites for hydroxylation is 5. The molecule has 0 spiro atoms. The van der Waals surface area contributed by atoms with Gasteiger partial charge in [-0.15, -0.1) is 0 Å². The molecule has 0 atom stereocenters. The fraction of sp³-hybridized carbons (Fsp3) is 0.500. The molecule has 4 saturated carbocycles. The molecule has 1 aromatic heterocycles. The fourth-order valence-electron chi connectivity index (χ4n) is 18.1. The summed E-state index contributed by atoms with van der Waals surface area (Å²) < 4.78 is 97.2. The number of aromatic nitrogens is 1. The number of hydrogen-bond donors (Lipinski definition) is 0. The molecule has 0 radical (unpaired) electrons. The first kappa shape index (κ1) is 93.8. The van der Waals surface area contributed by atoms with Gasteiger partial charge in [-0.1, -0.05) is 215 Å². The Labute approximate surface area is 728 Å². The SMILES string of the molecule is CC(C)(C)S(=O)(=O)CC1CCC(CCc2ccc(-c3ccc(-c4ccccc4)cc3)cc2)CC1.CC(C)(C)S(=O)(=O)CC1CCC(CCc2ccc(-c3ccc(C#N)cc3)cc2)CC1.CC(C)(C)S(=O)(=O)CC1CCC(CCc2ccc3c(c2)C(=O)c2ccccc2-3)CC1.Cc1ccc2cc(CCC3CCC(CS(=O)(=O)C(C)(C)C)CC3)ccc2n1. The van der Waals surface area contributed by atoms with Gasteiger partial charge < -0.3 is 0 Å². The molecule has 8 aromatic carbocycles. The summed E-state index contributed by atoms with van der Waals surface area (Å²) in [5.41, 5.74) is 19.2. The van der Waals surface area contributed by atoms with Crippen LogP contribution in [-0.4, -0.2) is 86.4 Å². The average Bonchev–Trinajstić information content (AvgIpc) is 1.61. The molecule has 121 heavy (non-hydrogen) atoms. The molecule has 0 aliphatic heterocycles. The Bertz CT molecular complexity index is 5420. The van der Waals surface area contributed by atoms with E-state index >= 15 is 0 Å². The first-order chi connectivity index (χ1) is 57.2. The van der Waals surface area contributed by atoms with E-state index < -0.39 is 58.3 Å². The molecule has 11 nitrogen and oxygen atoms in total. The Morgan fingerprint density at radius 3 is 0.942 bits per heavy atom. The van der Waals surface area contributed by atoms with Crippen LogP contribution < -0.4 is 0 Å². The van der Waals surface area contributed by atoms with Crippen molar-refractivity contribution in [2.75, 3.05) is 23.0 Å². The van der Waals surface area contributed by atoms with E-state index in [0.717, 1.165) is 173 Å². The second-order valence-corrected chi connectivity index (χ2v) is 51.2. The van der Waals surface area contributed by atoms with Crippen molar-refractivity contribution < 1.29 is 38.5 Å². The van der Waals surface area contributed by atoms with E-state index in [1.54, 1.807) is 41.5 Å². The summed E-state index contributed by atoms with van der Waals surface area (Å²) in [5, 5.41) is 10.1. The van der Waals surface area contributed by atoms with E-state index in [2.05, 4.69) is 157 Å². The molecule has 0 amide bonds. The monoisotopic (exact) mass is 1710 g/mol. The molecule has 15 heteroatoms. The largest absolute Gasteiger partial charge is 0.289 e. The highest BCUT2D eigenvalue weighted by Gasteiger charge is 2.38. The van der Waals surface area contributed by atoms with Gasteiger partial charge in [-0.05, 0) is 343 Å². The smallest absolute Gasteiger partial charge is 0.194 e. The van der Waals surface area contributed by atoms with Gasteiger partial charge >= 0.3 is 0 Å². The van der Waals surface area contributed by atoms with E-state index in [-0.39, 0.29) is 5.78 Å². The van der Waals surface area contributed by atoms with Gasteiger partial charge in [0.05, 0.1) is 59.1 Å². The first-order valence-corrected chi connectivity index (χ1v) is 51.7. The summed E-state index contributed by atoms with van der Waals surface area (Å²) in [6, 6.07) is 71.9. The van der Waals surface area contributed by atoms with Gasteiger partial charge in [-0.25, -0.2) is 33.7 Å². The van der Waals surface area contributed by atoms with Crippen molar-refractivity contribution in [1.29, 1.82) is 5.26 Å². The Hall–Kier alpha value is -7.87. The lowest BCUT2D eigenvalue weighted by molar-refractivity contribution is 0.104. The van der Waals surface area contributed by atoms with Crippen molar-refractivity contribution in [1.82, 2.24) is 4.98 Å². The fourth-order valence-corrected chi connectivity index (χ4v) is 23.9. The molecule has 14 rings (SSSR count). The third-order valence-electron chi connectivity index (χ3n) is 27.0. The van der Waals surface area contributed by atoms with Crippen LogP contribution in [0.15, 0.2) is 200 Å². The summed E-state index contributed by atoms with van der Waals surface area (Å²) >= 11 is 0. The molecule has 4 fully saturated rings. The first-order valence-electron chi connectivity index (χ1n) is 45.1. The number of nitriles is 1. The highest BCUT2D eigenvalue weighted by Crippen LogP contribution is 2.42. The lowest BCUT2D eigenvalue weighted by Gasteiger charge is -2.30. The van der Waals surface area contributed by atoms with Crippen LogP contribution in [0, 0.1) is 65.6 Å². The number of sulfone groups is 4. The quantitative estimate of drug-likeness (QED) is 0.0592. The van der Waals surface area contributed by atoms with E-state index in [1.165, 1.54) is 87.6 Å². The number of hydrogen-bond acceptors (Lipinski definition) is 11. The Balaban J connectivity index is 0.000000158. The number of nitrogens with zero attached hydrogens (tertiary/aromatic N) is 2. The molecule has 5 aliphatic rings. The molecule has 648 valence electrons. The van der Waals surface area contributed by atoms with Gasteiger partial charge in [-0.2, -0.15) is 5.26 Å². The number of ketones is 1. The Morgan fingerprint density at radius 1 is 0.306 bits per heavy atom. The maximum Gasteiger partial charge on any atom is 0.194 e. The number of fused-ring (bicyclic) bond motifs is 4. The molecule has 9 aromatic rings. The summed E-state index contributed by atoms with van der Waals surface area (Å²) in [5.74, 6) is 5.67. The van der Waals surface area contributed by atoms with Crippen LogP contribution in [0.25, 0.3) is 55.4 Å². The number of carbonyl (C=O) groups excluding carboxylic acids is 1. The van der Waals surface area contributed by atoms with Crippen LogP contribution in [0.2, 0.25) is 0 Å². The van der Waals surface area contributed by atoms with Crippen molar-refractivity contribution in [3.63, 3.8) is 0 Å². The minimum Gasteiger partial charge on any atom is -0.289 e. The van der Waals surface area contributed by atoms with Crippen LogP contribution in [-0.2, 0) is 65.0 Å². The van der Waals surface area contributed by atoms with Crippen molar-refractivity contribution in [3.8, 4) is 50.6 Å². The zero-order valence-corrected chi connectivity index (χ0v) is 77.9. The summed E-state index contributed by atoms with van der Waals surface area (Å²) in [4.78, 5) is 17.3. The third-order valence-corrected chi connectivity index (χ3v) is 38.2. The van der Waals surface area contributed by atoms with Crippen molar-refractivity contribution in [3.05, 3.63) is 245 Å². The van der Waals surface area contributed by atoms with Gasteiger partial charge in [0, 0.05) is 22.2 Å². The van der Waals surface area contributed by atoms with Crippen LogP contribution in [0.5, 0.6) is 0 Å². The zero-order chi connectivity index (χ0) is 87.1. The summed E-state index contributed by atoms with van der Waals surface area (Å²) in [6.45, 7) is 23.7. The van der Waals surface area contributed by atoms with Crippen LogP contribution in [0.1, 0.15) is 261 Å². The highest BCUT2D eigenvalue weighted by molar-refractivity contribution is 7.93. The molecule has 0 N–H and O–H groups in total. The van der Waals surface area contributed by atoms with E-state index in [1.807, 2.05) is 103 Å². The van der Waals surface area contributed by atoms with Crippen LogP contribution >= 0.6 is 0 Å². The van der Waals surface area contributed by atoms with Gasteiger partial charge in [0.25, 0.3) is 0 Å². The second kappa shape index (κ2) is 40.8. The molecule has 0 unspecified atom stereocenters. The number of rotatable bonds is 23. The van der Waals surface area contributed by atoms with E-state index in [0.29, 0.717) is 64.1 Å². The van der Waals surface area contributed by atoms with Gasteiger partial charge in [0.2, 0.25) is 0 Å². The van der Waals surface area contributed by atoms with Crippen molar-refractivity contribution in [2.45, 2.75) is 263 Å². The van der Waals surface area contributed by atoms with Crippen LogP contribution in [0.3, 0.4) is 0 Å². The lowest BCUT2D eigenvalue weighted by Crippen LogP contribution is -2.34. The molecular weight excluding hydrogens is 1570 g/mol. The Kier molecular flexibility index (Phi) is 31.7. The molecule has 1 heterocycles. The number of benzene rings is 8. The van der Waals surface area contributed by atoms with Crippen molar-refractivity contribution >= 4 is 56.0 Å². The number of carbonyl (C=O) groups is 1.